The summed E-state index contributed by atoms with van der Waals surface area (Å²) in [5.41, 5.74) is 6.24. The first-order valence-electron chi connectivity index (χ1n) is 14.3. The molecule has 1 aromatic heterocycles. The van der Waals surface area contributed by atoms with Gasteiger partial charge in [0.1, 0.15) is 17.3 Å². The minimum atomic E-state index is -1.74. The molecule has 3 aliphatic rings. The van der Waals surface area contributed by atoms with E-state index in [4.69, 9.17) is 4.74 Å². The largest absolute Gasteiger partial charge is 0.421 e. The van der Waals surface area contributed by atoms with Crippen LogP contribution in [0.4, 0.5) is 0 Å². The number of cyclic esters (lactones) is 1. The molecule has 2 heterocycles. The Kier molecular flexibility index (Phi) is 8.57. The molecular formula is C32H38N2O4S. The van der Waals surface area contributed by atoms with Crippen LogP contribution in [0.2, 0.25) is 0 Å². The van der Waals surface area contributed by atoms with Crippen molar-refractivity contribution in [3.05, 3.63) is 64.2 Å². The van der Waals surface area contributed by atoms with Gasteiger partial charge in [-0.2, -0.15) is 8.75 Å². The van der Waals surface area contributed by atoms with Crippen LogP contribution in [0.5, 0.6) is 0 Å². The molecule has 6 nitrogen and oxygen atoms in total. The summed E-state index contributed by atoms with van der Waals surface area (Å²) in [4.78, 5) is 23.3. The maximum atomic E-state index is 13.2. The molecule has 2 aromatic carbocycles. The first-order chi connectivity index (χ1) is 18.9. The number of rotatable bonds is 5. The van der Waals surface area contributed by atoms with Crippen LogP contribution in [0.15, 0.2) is 42.0 Å². The minimum absolute atomic E-state index is 0.406. The molecule has 1 aliphatic heterocycles. The number of hydrogen-bond donors (Lipinski definition) is 1. The Morgan fingerprint density at radius 2 is 1.62 bits per heavy atom. The Hall–Kier alpha value is -2.90. The summed E-state index contributed by atoms with van der Waals surface area (Å²) in [6, 6.07) is 11.4. The average molecular weight is 547 g/mol. The van der Waals surface area contributed by atoms with Crippen molar-refractivity contribution in [1.82, 2.24) is 8.75 Å². The number of ether oxygens (including phenoxy) is 1. The Bertz CT molecular complexity index is 1370. The molecule has 7 heteroatoms. The molecule has 0 bridgehead atoms. The summed E-state index contributed by atoms with van der Waals surface area (Å²) in [6.45, 7) is 4.04. The van der Waals surface area contributed by atoms with Gasteiger partial charge in [0.2, 0.25) is 0 Å². The van der Waals surface area contributed by atoms with Gasteiger partial charge in [0.25, 0.3) is 5.79 Å². The fraction of sp³-hybridized carbons (Fsp3) is 0.500. The van der Waals surface area contributed by atoms with E-state index >= 15 is 0 Å². The molecule has 1 atom stereocenters. The molecule has 3 aromatic rings. The van der Waals surface area contributed by atoms with Crippen molar-refractivity contribution in [2.75, 3.05) is 0 Å². The summed E-state index contributed by atoms with van der Waals surface area (Å²) >= 11 is 1.15. The number of carbonyl (C=O) groups is 2. The topological polar surface area (TPSA) is 89.4 Å². The van der Waals surface area contributed by atoms with E-state index in [2.05, 4.69) is 8.75 Å². The predicted octanol–water partition coefficient (Wildman–Crippen LogP) is 7.20. The number of esters is 1. The van der Waals surface area contributed by atoms with E-state index in [9.17, 15) is 14.7 Å². The van der Waals surface area contributed by atoms with Crippen LogP contribution in [0, 0.1) is 25.7 Å². The first kappa shape index (κ1) is 27.7. The van der Waals surface area contributed by atoms with Crippen molar-refractivity contribution in [3.63, 3.8) is 0 Å². The molecule has 1 N–H and O–H groups in total. The van der Waals surface area contributed by atoms with Crippen LogP contribution >= 0.6 is 11.7 Å². The highest BCUT2D eigenvalue weighted by atomic mass is 32.1. The van der Waals surface area contributed by atoms with E-state index in [0.29, 0.717) is 35.0 Å². The number of aliphatic hydroxyl groups is 1. The fourth-order valence-electron chi connectivity index (χ4n) is 6.15. The number of nitrogens with zero attached hydrogens (tertiary/aromatic N) is 2. The van der Waals surface area contributed by atoms with Gasteiger partial charge in [0, 0.05) is 17.1 Å². The van der Waals surface area contributed by atoms with Gasteiger partial charge in [-0.05, 0) is 73.9 Å². The zero-order valence-electron chi connectivity index (χ0n) is 22.9. The van der Waals surface area contributed by atoms with Crippen LogP contribution in [-0.2, 0) is 20.1 Å². The van der Waals surface area contributed by atoms with Gasteiger partial charge < -0.3 is 14.6 Å². The third-order valence-corrected chi connectivity index (χ3v) is 9.21. The molecule has 206 valence electrons. The van der Waals surface area contributed by atoms with Gasteiger partial charge in [-0.3, -0.25) is 0 Å². The molecule has 2 aliphatic carbocycles. The van der Waals surface area contributed by atoms with E-state index in [1.54, 1.807) is 0 Å². The van der Waals surface area contributed by atoms with Crippen molar-refractivity contribution < 1.29 is 19.4 Å². The quantitative estimate of drug-likeness (QED) is 0.269. The zero-order valence-corrected chi connectivity index (χ0v) is 23.8. The minimum Gasteiger partial charge on any atom is -0.421 e. The Morgan fingerprint density at radius 1 is 0.923 bits per heavy atom. The van der Waals surface area contributed by atoms with Crippen molar-refractivity contribution >= 4 is 40.6 Å². The van der Waals surface area contributed by atoms with Gasteiger partial charge in [-0.15, -0.1) is 0 Å². The lowest BCUT2D eigenvalue weighted by atomic mass is 9.80. The Balaban J connectivity index is 0.000000332. The van der Waals surface area contributed by atoms with E-state index in [-0.39, 0.29) is 0 Å². The van der Waals surface area contributed by atoms with Gasteiger partial charge >= 0.3 is 5.97 Å². The Morgan fingerprint density at radius 3 is 2.28 bits per heavy atom. The summed E-state index contributed by atoms with van der Waals surface area (Å²) < 4.78 is 14.3. The zero-order chi connectivity index (χ0) is 27.4. The average Bonchev–Trinajstić information content (AvgIpc) is 3.53. The monoisotopic (exact) mass is 546 g/mol. The van der Waals surface area contributed by atoms with Gasteiger partial charge in [-0.25, -0.2) is 4.79 Å². The SMILES string of the molecule is Cc1ccc(C2(O)OC(=O)C(c3ccc4nsnc4c3)=C2CC2CCCCC2)cc1C.O=CC1CCCCC1. The van der Waals surface area contributed by atoms with Crippen LogP contribution in [0.1, 0.15) is 92.9 Å². The molecule has 2 saturated carbocycles. The Labute approximate surface area is 234 Å². The number of aryl methyl sites for hydroxylation is 2. The first-order valence-corrected chi connectivity index (χ1v) is 15.1. The number of carbonyl (C=O) groups excluding carboxylic acids is 2. The molecule has 0 radical (unpaired) electrons. The predicted molar refractivity (Wildman–Crippen MR) is 154 cm³/mol. The highest BCUT2D eigenvalue weighted by Crippen LogP contribution is 2.47. The highest BCUT2D eigenvalue weighted by Gasteiger charge is 2.48. The summed E-state index contributed by atoms with van der Waals surface area (Å²) in [5, 5.41) is 11.8. The second-order valence-electron chi connectivity index (χ2n) is 11.4. The maximum absolute atomic E-state index is 13.2. The normalized spacial score (nSPS) is 22.5. The van der Waals surface area contributed by atoms with Crippen LogP contribution in [0.25, 0.3) is 16.6 Å². The fourth-order valence-corrected chi connectivity index (χ4v) is 6.66. The van der Waals surface area contributed by atoms with Crippen molar-refractivity contribution in [3.8, 4) is 0 Å². The van der Waals surface area contributed by atoms with E-state index < -0.39 is 11.8 Å². The molecule has 6 rings (SSSR count). The van der Waals surface area contributed by atoms with Gasteiger partial charge in [0.05, 0.1) is 17.3 Å². The molecule has 2 fully saturated rings. The number of benzene rings is 2. The number of hydrogen-bond acceptors (Lipinski definition) is 7. The van der Waals surface area contributed by atoms with Gasteiger partial charge in [0.15, 0.2) is 0 Å². The molecular weight excluding hydrogens is 508 g/mol. The maximum Gasteiger partial charge on any atom is 0.341 e. The van der Waals surface area contributed by atoms with Crippen molar-refractivity contribution in [2.45, 2.75) is 90.3 Å². The second-order valence-corrected chi connectivity index (χ2v) is 11.9. The van der Waals surface area contributed by atoms with Crippen molar-refractivity contribution in [2.24, 2.45) is 11.8 Å². The molecule has 0 spiro atoms. The van der Waals surface area contributed by atoms with Gasteiger partial charge in [-0.1, -0.05) is 69.6 Å². The molecule has 39 heavy (non-hydrogen) atoms. The van der Waals surface area contributed by atoms with E-state index in [0.717, 1.165) is 71.4 Å². The summed E-state index contributed by atoms with van der Waals surface area (Å²) in [5.74, 6) is -1.37. The number of fused-ring (bicyclic) bond motifs is 1. The summed E-state index contributed by atoms with van der Waals surface area (Å²) in [6.07, 6.45) is 13.8. The lowest BCUT2D eigenvalue weighted by Crippen LogP contribution is -2.30. The van der Waals surface area contributed by atoms with Crippen molar-refractivity contribution in [1.29, 1.82) is 0 Å². The second kappa shape index (κ2) is 12.1. The lowest BCUT2D eigenvalue weighted by Gasteiger charge is -2.30. The molecule has 0 saturated heterocycles. The number of aromatic nitrogens is 2. The smallest absolute Gasteiger partial charge is 0.341 e. The molecule has 1 unspecified atom stereocenters. The number of aldehydes is 1. The third kappa shape index (κ3) is 5.99. The molecule has 0 amide bonds. The third-order valence-electron chi connectivity index (χ3n) is 8.66. The lowest BCUT2D eigenvalue weighted by molar-refractivity contribution is -0.185. The van der Waals surface area contributed by atoms with E-state index in [1.807, 2.05) is 50.2 Å². The standard InChI is InChI=1S/C25H26N2O3S.C7H12O/c1-15-8-10-19(12-16(15)2)25(29)20(13-17-6-4-3-5-7-17)23(24(28)30-25)18-9-11-21-22(14-18)27-31-26-21;8-6-7-4-2-1-3-5-7/h8-12,14,17,29H,3-7,13H2,1-2H3;6-7H,1-5H2. The highest BCUT2D eigenvalue weighted by molar-refractivity contribution is 7.00. The van der Waals surface area contributed by atoms with Crippen LogP contribution in [-0.4, -0.2) is 26.1 Å². The summed E-state index contributed by atoms with van der Waals surface area (Å²) in [7, 11) is 0. The van der Waals surface area contributed by atoms with E-state index in [1.165, 1.54) is 38.5 Å². The van der Waals surface area contributed by atoms with Crippen LogP contribution in [0.3, 0.4) is 0 Å². The van der Waals surface area contributed by atoms with Crippen LogP contribution < -0.4 is 0 Å².